The first-order chi connectivity index (χ1) is 20.9. The van der Waals surface area contributed by atoms with Gasteiger partial charge in [-0.3, -0.25) is 4.31 Å². The highest BCUT2D eigenvalue weighted by atomic mass is 32.2. The van der Waals surface area contributed by atoms with Crippen LogP contribution in [0.1, 0.15) is 64.7 Å². The first-order valence-electron chi connectivity index (χ1n) is 15.0. The van der Waals surface area contributed by atoms with Gasteiger partial charge < -0.3 is 0 Å². The van der Waals surface area contributed by atoms with Gasteiger partial charge in [0.25, 0.3) is 10.0 Å². The number of aryl methyl sites for hydroxylation is 4. The smallest absolute Gasteiger partial charge is 0.264 e. The van der Waals surface area contributed by atoms with E-state index >= 15 is 0 Å². The summed E-state index contributed by atoms with van der Waals surface area (Å²) in [6, 6.07) is 28.5. The van der Waals surface area contributed by atoms with Crippen molar-refractivity contribution in [2.24, 2.45) is 0 Å². The molecule has 8 heteroatoms. The second kappa shape index (κ2) is 11.7. The Morgan fingerprint density at radius 3 is 1.36 bits per heavy atom. The van der Waals surface area contributed by atoms with E-state index in [0.29, 0.717) is 19.3 Å². The highest BCUT2D eigenvalue weighted by Crippen LogP contribution is 2.48. The fraction of sp³-hybridized carbons (Fsp3) is 0.278. The van der Waals surface area contributed by atoms with Crippen LogP contribution in [-0.2, 0) is 20.0 Å². The minimum Gasteiger partial charge on any atom is -0.266 e. The van der Waals surface area contributed by atoms with E-state index in [2.05, 4.69) is 0 Å². The van der Waals surface area contributed by atoms with Gasteiger partial charge in [0, 0.05) is 12.2 Å². The molecule has 6 nitrogen and oxygen atoms in total. The van der Waals surface area contributed by atoms with E-state index in [9.17, 15) is 16.8 Å². The summed E-state index contributed by atoms with van der Waals surface area (Å²) in [7, 11) is -7.84. The summed E-state index contributed by atoms with van der Waals surface area (Å²) in [6.07, 6.45) is 3.34. The zero-order valence-electron chi connectivity index (χ0n) is 25.5. The van der Waals surface area contributed by atoms with Crippen LogP contribution in [0.25, 0.3) is 0 Å². The average molecular weight is 627 g/mol. The number of rotatable bonds is 7. The number of sulfonamides is 2. The number of hydrogen-bond acceptors (Lipinski definition) is 4. The SMILES string of the molecule is Cc1ccc([C@@H]2CC([C@H]3CC[C@@H](c4ccc(C)cc4)N3S(=O)(=O)c3ccc(C)cc3)=CN2S(=O)(=O)c2ccc(C)cc2)cc1. The largest absolute Gasteiger partial charge is 0.266 e. The summed E-state index contributed by atoms with van der Waals surface area (Å²) >= 11 is 0. The summed E-state index contributed by atoms with van der Waals surface area (Å²) in [5.74, 6) is 0. The van der Waals surface area contributed by atoms with Gasteiger partial charge in [0.2, 0.25) is 10.0 Å². The highest BCUT2D eigenvalue weighted by molar-refractivity contribution is 7.89. The Bertz CT molecular complexity index is 1900. The van der Waals surface area contributed by atoms with Crippen molar-refractivity contribution >= 4 is 20.0 Å². The van der Waals surface area contributed by atoms with E-state index in [-0.39, 0.29) is 15.8 Å². The molecule has 4 aromatic carbocycles. The predicted molar refractivity (Wildman–Crippen MR) is 174 cm³/mol. The lowest BCUT2D eigenvalue weighted by atomic mass is 9.97. The average Bonchev–Trinajstić information content (AvgIpc) is 3.65. The molecule has 0 amide bonds. The maximum Gasteiger partial charge on any atom is 0.264 e. The molecule has 228 valence electrons. The summed E-state index contributed by atoms with van der Waals surface area (Å²) in [5.41, 5.74) is 6.75. The van der Waals surface area contributed by atoms with E-state index < -0.39 is 32.1 Å². The monoisotopic (exact) mass is 626 g/mol. The quantitative estimate of drug-likeness (QED) is 0.213. The highest BCUT2D eigenvalue weighted by Gasteiger charge is 2.47. The molecular formula is C36H38N2O4S2. The molecule has 0 aliphatic carbocycles. The molecule has 0 bridgehead atoms. The van der Waals surface area contributed by atoms with Gasteiger partial charge in [0.1, 0.15) is 0 Å². The van der Waals surface area contributed by atoms with E-state index in [1.165, 1.54) is 4.31 Å². The molecule has 0 saturated carbocycles. The van der Waals surface area contributed by atoms with Crippen LogP contribution in [0.4, 0.5) is 0 Å². The zero-order valence-corrected chi connectivity index (χ0v) is 27.1. The fourth-order valence-corrected chi connectivity index (χ4v) is 9.76. The van der Waals surface area contributed by atoms with E-state index in [1.807, 2.05) is 88.4 Å². The molecule has 0 spiro atoms. The third kappa shape index (κ3) is 5.62. The Morgan fingerprint density at radius 1 is 0.500 bits per heavy atom. The van der Waals surface area contributed by atoms with Crippen molar-refractivity contribution in [1.82, 2.24) is 8.61 Å². The van der Waals surface area contributed by atoms with Crippen molar-refractivity contribution < 1.29 is 16.8 Å². The molecule has 2 aliphatic heterocycles. The molecule has 2 heterocycles. The molecule has 0 aromatic heterocycles. The van der Waals surface area contributed by atoms with Gasteiger partial charge in [-0.15, -0.1) is 0 Å². The second-order valence-corrected chi connectivity index (χ2v) is 15.8. The maximum absolute atomic E-state index is 14.5. The van der Waals surface area contributed by atoms with Crippen LogP contribution >= 0.6 is 0 Å². The summed E-state index contributed by atoms with van der Waals surface area (Å²) in [5, 5.41) is 0. The van der Waals surface area contributed by atoms with Crippen molar-refractivity contribution in [1.29, 1.82) is 0 Å². The van der Waals surface area contributed by atoms with Crippen molar-refractivity contribution in [3.63, 3.8) is 0 Å². The zero-order chi connectivity index (χ0) is 31.2. The van der Waals surface area contributed by atoms with E-state index in [1.54, 1.807) is 46.9 Å². The van der Waals surface area contributed by atoms with Crippen LogP contribution in [0.3, 0.4) is 0 Å². The normalized spacial score (nSPS) is 21.0. The van der Waals surface area contributed by atoms with Gasteiger partial charge in [-0.1, -0.05) is 95.1 Å². The van der Waals surface area contributed by atoms with Crippen LogP contribution in [0.2, 0.25) is 0 Å². The molecule has 0 unspecified atom stereocenters. The number of hydrogen-bond donors (Lipinski definition) is 0. The van der Waals surface area contributed by atoms with Crippen LogP contribution in [0, 0.1) is 27.7 Å². The summed E-state index contributed by atoms with van der Waals surface area (Å²) < 4.78 is 60.3. The molecule has 0 N–H and O–H groups in total. The van der Waals surface area contributed by atoms with Gasteiger partial charge in [-0.2, -0.15) is 4.31 Å². The first kappa shape index (κ1) is 30.3. The van der Waals surface area contributed by atoms with Gasteiger partial charge in [-0.05, 0) is 87.9 Å². The predicted octanol–water partition coefficient (Wildman–Crippen LogP) is 7.53. The van der Waals surface area contributed by atoms with E-state index in [4.69, 9.17) is 0 Å². The Labute approximate surface area is 261 Å². The molecule has 6 rings (SSSR count). The minimum absolute atomic E-state index is 0.214. The number of benzene rings is 4. The van der Waals surface area contributed by atoms with E-state index in [0.717, 1.165) is 39.0 Å². The third-order valence-corrected chi connectivity index (χ3v) is 12.6. The third-order valence-electron chi connectivity index (χ3n) is 8.90. The summed E-state index contributed by atoms with van der Waals surface area (Å²) in [4.78, 5) is 0.454. The fourth-order valence-electron chi connectivity index (χ4n) is 6.37. The molecule has 1 saturated heterocycles. The topological polar surface area (TPSA) is 74.8 Å². The first-order valence-corrected chi connectivity index (χ1v) is 17.9. The Hall–Kier alpha value is -3.72. The Morgan fingerprint density at radius 2 is 0.886 bits per heavy atom. The van der Waals surface area contributed by atoms with Gasteiger partial charge >= 0.3 is 0 Å². The van der Waals surface area contributed by atoms with Crippen LogP contribution in [0.15, 0.2) is 119 Å². The van der Waals surface area contributed by atoms with Crippen LogP contribution in [0.5, 0.6) is 0 Å². The minimum atomic E-state index is -3.92. The molecule has 44 heavy (non-hydrogen) atoms. The van der Waals surface area contributed by atoms with Crippen LogP contribution < -0.4 is 0 Å². The Kier molecular flexibility index (Phi) is 8.03. The van der Waals surface area contributed by atoms with Crippen LogP contribution in [-0.4, -0.2) is 31.5 Å². The lowest BCUT2D eigenvalue weighted by molar-refractivity contribution is 0.345. The van der Waals surface area contributed by atoms with Crippen molar-refractivity contribution in [2.45, 2.75) is 74.9 Å². The molecule has 3 atom stereocenters. The van der Waals surface area contributed by atoms with Gasteiger partial charge in [0.15, 0.2) is 0 Å². The van der Waals surface area contributed by atoms with Crippen molar-refractivity contribution in [3.05, 3.63) is 142 Å². The Balaban J connectivity index is 1.46. The lowest BCUT2D eigenvalue weighted by Gasteiger charge is -2.30. The second-order valence-electron chi connectivity index (χ2n) is 12.2. The number of nitrogens with zero attached hydrogens (tertiary/aromatic N) is 2. The van der Waals surface area contributed by atoms with Gasteiger partial charge in [0.05, 0.1) is 21.9 Å². The molecule has 1 fully saturated rings. The maximum atomic E-state index is 14.5. The molecule has 0 radical (unpaired) electrons. The van der Waals surface area contributed by atoms with Crippen molar-refractivity contribution in [3.8, 4) is 0 Å². The molecule has 2 aliphatic rings. The lowest BCUT2D eigenvalue weighted by Crippen LogP contribution is -2.38. The molecular weight excluding hydrogens is 589 g/mol. The van der Waals surface area contributed by atoms with Crippen molar-refractivity contribution in [2.75, 3.05) is 0 Å². The standard InChI is InChI=1S/C36H38N2O4S2/c1-25-5-13-29(14-6-25)34-21-22-35(38(34)44(41,42)33-19-11-28(4)12-20-33)31-23-36(30-15-7-26(2)8-16-30)37(24-31)43(39,40)32-17-9-27(3)10-18-32/h5-20,24,34-36H,21-23H2,1-4H3/t34-,35+,36-/m0/s1. The summed E-state index contributed by atoms with van der Waals surface area (Å²) in [6.45, 7) is 7.87. The van der Waals surface area contributed by atoms with Gasteiger partial charge in [-0.25, -0.2) is 16.8 Å². The molecule has 4 aromatic rings.